The maximum absolute atomic E-state index is 13.0. The Balaban J connectivity index is 1.66. The van der Waals surface area contributed by atoms with Gasteiger partial charge in [-0.1, -0.05) is 26.8 Å². The van der Waals surface area contributed by atoms with Crippen molar-refractivity contribution in [3.8, 4) is 11.4 Å². The normalized spacial score (nSPS) is 14.2. The summed E-state index contributed by atoms with van der Waals surface area (Å²) < 4.78 is 0. The van der Waals surface area contributed by atoms with Gasteiger partial charge >= 0.3 is 0 Å². The highest BCUT2D eigenvalue weighted by Gasteiger charge is 2.23. The fourth-order valence-electron chi connectivity index (χ4n) is 3.15. The summed E-state index contributed by atoms with van der Waals surface area (Å²) in [7, 11) is 0. The molecule has 1 saturated heterocycles. The Labute approximate surface area is 174 Å². The molecule has 0 atom stereocenters. The molecule has 0 saturated carbocycles. The van der Waals surface area contributed by atoms with Gasteiger partial charge in [0.1, 0.15) is 5.69 Å². The van der Waals surface area contributed by atoms with E-state index >= 15 is 0 Å². The summed E-state index contributed by atoms with van der Waals surface area (Å²) in [6.07, 6.45) is 5.55. The Hall–Kier alpha value is -2.87. The number of hydrogen-bond acceptors (Lipinski definition) is 7. The smallest absolute Gasteiger partial charge is 0.261 e. The summed E-state index contributed by atoms with van der Waals surface area (Å²) in [4.78, 5) is 33.3. The Kier molecular flexibility index (Phi) is 5.27. The van der Waals surface area contributed by atoms with Crippen molar-refractivity contribution < 1.29 is 4.79 Å². The Morgan fingerprint density at radius 1 is 1.14 bits per heavy atom. The van der Waals surface area contributed by atoms with Gasteiger partial charge in [0.25, 0.3) is 5.91 Å². The van der Waals surface area contributed by atoms with Crippen LogP contribution in [0.1, 0.15) is 49.7 Å². The van der Waals surface area contributed by atoms with Crippen molar-refractivity contribution in [3.05, 3.63) is 47.2 Å². The number of nitrogens with one attached hydrogen (secondary N) is 1. The fourth-order valence-corrected chi connectivity index (χ4v) is 4.08. The van der Waals surface area contributed by atoms with Crippen LogP contribution in [-0.2, 0) is 5.41 Å². The van der Waals surface area contributed by atoms with Crippen LogP contribution in [0.4, 0.5) is 11.1 Å². The van der Waals surface area contributed by atoms with E-state index in [1.807, 2.05) is 23.6 Å². The predicted octanol–water partition coefficient (Wildman–Crippen LogP) is 4.15. The highest BCUT2D eigenvalue weighted by molar-refractivity contribution is 7.14. The molecule has 29 heavy (non-hydrogen) atoms. The minimum atomic E-state index is -0.284. The quantitative estimate of drug-likeness (QED) is 0.698. The minimum absolute atomic E-state index is 0.0704. The van der Waals surface area contributed by atoms with Crippen molar-refractivity contribution in [1.82, 2.24) is 19.9 Å². The molecule has 1 amide bonds. The van der Waals surface area contributed by atoms with Crippen molar-refractivity contribution in [3.63, 3.8) is 0 Å². The molecule has 1 fully saturated rings. The molecule has 4 rings (SSSR count). The molecule has 4 heterocycles. The lowest BCUT2D eigenvalue weighted by atomic mass is 9.93. The molecule has 0 unspecified atom stereocenters. The number of aromatic nitrogens is 4. The zero-order chi connectivity index (χ0) is 20.4. The molecule has 1 aliphatic rings. The number of rotatable bonds is 4. The molecule has 0 aliphatic carbocycles. The lowest BCUT2D eigenvalue weighted by molar-refractivity contribution is 0.102. The first-order valence-electron chi connectivity index (χ1n) is 9.72. The third-order valence-electron chi connectivity index (χ3n) is 4.81. The van der Waals surface area contributed by atoms with Crippen LogP contribution in [0.15, 0.2) is 36.0 Å². The van der Waals surface area contributed by atoms with E-state index in [2.05, 4.69) is 45.9 Å². The van der Waals surface area contributed by atoms with Gasteiger partial charge in [0.05, 0.1) is 17.0 Å². The van der Waals surface area contributed by atoms with Gasteiger partial charge in [-0.2, -0.15) is 0 Å². The van der Waals surface area contributed by atoms with E-state index in [4.69, 9.17) is 4.98 Å². The van der Waals surface area contributed by atoms with Gasteiger partial charge < -0.3 is 4.90 Å². The molecule has 3 aromatic heterocycles. The lowest BCUT2D eigenvalue weighted by Gasteiger charge is -2.17. The molecule has 150 valence electrons. The van der Waals surface area contributed by atoms with E-state index in [1.165, 1.54) is 11.3 Å². The van der Waals surface area contributed by atoms with Gasteiger partial charge in [0, 0.05) is 36.3 Å². The molecule has 0 aromatic carbocycles. The van der Waals surface area contributed by atoms with E-state index in [1.54, 1.807) is 12.4 Å². The molecule has 7 nitrogen and oxygen atoms in total. The SMILES string of the molecule is CC(C)(C)c1csc(NC(=O)c2cnc(N3CCCC3)nc2-c2ccccn2)n1. The standard InChI is InChI=1S/C21H24N6OS/c1-21(2,3)16-13-29-20(24-16)26-18(28)14-12-23-19(27-10-6-7-11-27)25-17(14)15-8-4-5-9-22-15/h4-5,8-9,12-13H,6-7,10-11H2,1-3H3,(H,24,26,28). The first-order valence-corrected chi connectivity index (χ1v) is 10.6. The van der Waals surface area contributed by atoms with Gasteiger partial charge in [0.2, 0.25) is 5.95 Å². The predicted molar refractivity (Wildman–Crippen MR) is 115 cm³/mol. The highest BCUT2D eigenvalue weighted by Crippen LogP contribution is 2.28. The second kappa shape index (κ2) is 7.87. The molecule has 1 aliphatic heterocycles. The van der Waals surface area contributed by atoms with Crippen molar-refractivity contribution >= 4 is 28.3 Å². The van der Waals surface area contributed by atoms with Crippen LogP contribution in [0.2, 0.25) is 0 Å². The third kappa shape index (κ3) is 4.27. The Morgan fingerprint density at radius 3 is 2.59 bits per heavy atom. The number of carbonyl (C=O) groups excluding carboxylic acids is 1. The van der Waals surface area contributed by atoms with E-state index in [-0.39, 0.29) is 11.3 Å². The van der Waals surface area contributed by atoms with Crippen LogP contribution >= 0.6 is 11.3 Å². The van der Waals surface area contributed by atoms with E-state index in [9.17, 15) is 4.79 Å². The van der Waals surface area contributed by atoms with Crippen molar-refractivity contribution in [2.45, 2.75) is 39.0 Å². The molecule has 1 N–H and O–H groups in total. The molecular weight excluding hydrogens is 384 g/mol. The number of carbonyl (C=O) groups is 1. The number of anilines is 2. The van der Waals surface area contributed by atoms with E-state index in [0.717, 1.165) is 31.6 Å². The van der Waals surface area contributed by atoms with Crippen molar-refractivity contribution in [2.24, 2.45) is 0 Å². The minimum Gasteiger partial charge on any atom is -0.341 e. The van der Waals surface area contributed by atoms with Crippen molar-refractivity contribution in [2.75, 3.05) is 23.3 Å². The highest BCUT2D eigenvalue weighted by atomic mass is 32.1. The zero-order valence-corrected chi connectivity index (χ0v) is 17.7. The number of nitrogens with zero attached hydrogens (tertiary/aromatic N) is 5. The molecule has 3 aromatic rings. The van der Waals surface area contributed by atoms with Gasteiger partial charge in [-0.15, -0.1) is 11.3 Å². The average Bonchev–Trinajstić information content (AvgIpc) is 3.40. The number of hydrogen-bond donors (Lipinski definition) is 1. The Morgan fingerprint density at radius 2 is 1.93 bits per heavy atom. The largest absolute Gasteiger partial charge is 0.341 e. The maximum Gasteiger partial charge on any atom is 0.261 e. The number of thiazole rings is 1. The van der Waals surface area contributed by atoms with Gasteiger partial charge in [-0.05, 0) is 25.0 Å². The molecule has 0 bridgehead atoms. The number of pyridine rings is 1. The van der Waals surface area contributed by atoms with Gasteiger partial charge in [-0.3, -0.25) is 15.1 Å². The van der Waals surface area contributed by atoms with E-state index < -0.39 is 0 Å². The summed E-state index contributed by atoms with van der Waals surface area (Å²) in [6.45, 7) is 8.15. The number of amides is 1. The van der Waals surface area contributed by atoms with E-state index in [0.29, 0.717) is 28.0 Å². The van der Waals surface area contributed by atoms with Crippen LogP contribution in [-0.4, -0.2) is 38.9 Å². The summed E-state index contributed by atoms with van der Waals surface area (Å²) in [5.74, 6) is 0.359. The monoisotopic (exact) mass is 408 g/mol. The van der Waals surface area contributed by atoms with Crippen LogP contribution in [0, 0.1) is 0 Å². The average molecular weight is 409 g/mol. The molecular formula is C21H24N6OS. The Bertz CT molecular complexity index is 1010. The van der Waals surface area contributed by atoms with Crippen LogP contribution < -0.4 is 10.2 Å². The summed E-state index contributed by atoms with van der Waals surface area (Å²) in [6, 6.07) is 5.58. The molecule has 0 radical (unpaired) electrons. The first kappa shape index (κ1) is 19.4. The second-order valence-corrected chi connectivity index (χ2v) is 8.94. The lowest BCUT2D eigenvalue weighted by Crippen LogP contribution is -2.22. The first-order chi connectivity index (χ1) is 13.9. The molecule has 0 spiro atoms. The maximum atomic E-state index is 13.0. The third-order valence-corrected chi connectivity index (χ3v) is 5.57. The van der Waals surface area contributed by atoms with Crippen LogP contribution in [0.5, 0.6) is 0 Å². The summed E-state index contributed by atoms with van der Waals surface area (Å²) in [5.41, 5.74) is 2.45. The van der Waals surface area contributed by atoms with Gasteiger partial charge in [0.15, 0.2) is 5.13 Å². The molecule has 8 heteroatoms. The summed E-state index contributed by atoms with van der Waals surface area (Å²) >= 11 is 1.42. The second-order valence-electron chi connectivity index (χ2n) is 8.08. The van der Waals surface area contributed by atoms with Crippen LogP contribution in [0.3, 0.4) is 0 Å². The topological polar surface area (TPSA) is 83.9 Å². The van der Waals surface area contributed by atoms with Crippen LogP contribution in [0.25, 0.3) is 11.4 Å². The zero-order valence-electron chi connectivity index (χ0n) is 16.8. The van der Waals surface area contributed by atoms with Crippen molar-refractivity contribution in [1.29, 1.82) is 0 Å². The summed E-state index contributed by atoms with van der Waals surface area (Å²) in [5, 5.41) is 5.44. The van der Waals surface area contributed by atoms with Gasteiger partial charge in [-0.25, -0.2) is 15.0 Å². The fraction of sp³-hybridized carbons (Fsp3) is 0.381.